The van der Waals surface area contributed by atoms with Gasteiger partial charge in [-0.15, -0.1) is 0 Å². The first kappa shape index (κ1) is 15.0. The highest BCUT2D eigenvalue weighted by Crippen LogP contribution is 2.29. The van der Waals surface area contributed by atoms with E-state index in [-0.39, 0.29) is 5.82 Å². The molecule has 0 saturated heterocycles. The molecule has 1 atom stereocenters. The number of nitrogens with two attached hydrogens (primary N) is 1. The van der Waals surface area contributed by atoms with Crippen molar-refractivity contribution in [2.75, 3.05) is 6.61 Å². The highest BCUT2D eigenvalue weighted by Gasteiger charge is 2.15. The summed E-state index contributed by atoms with van der Waals surface area (Å²) < 4.78 is 19.8. The number of ether oxygens (including phenoxy) is 1. The van der Waals surface area contributed by atoms with E-state index in [1.165, 1.54) is 6.07 Å². The van der Waals surface area contributed by atoms with Gasteiger partial charge in [-0.1, -0.05) is 31.2 Å². The summed E-state index contributed by atoms with van der Waals surface area (Å²) in [5, 5.41) is 0. The number of hydrogen-bond donors (Lipinski definition) is 1. The van der Waals surface area contributed by atoms with E-state index in [0.29, 0.717) is 11.1 Å². The van der Waals surface area contributed by atoms with Crippen LogP contribution in [0.5, 0.6) is 5.75 Å². The fraction of sp³-hybridized carbons (Fsp3) is 0.250. The van der Waals surface area contributed by atoms with Crippen LogP contribution in [0.3, 0.4) is 0 Å². The first-order valence-corrected chi connectivity index (χ1v) is 7.35. The number of halogens is 2. The van der Waals surface area contributed by atoms with Crippen LogP contribution in [0, 0.1) is 5.82 Å². The minimum Gasteiger partial charge on any atom is -0.493 e. The predicted molar refractivity (Wildman–Crippen MR) is 82.4 cm³/mol. The molecule has 0 bridgehead atoms. The monoisotopic (exact) mass is 337 g/mol. The van der Waals surface area contributed by atoms with E-state index < -0.39 is 6.04 Å². The molecule has 2 aromatic rings. The summed E-state index contributed by atoms with van der Waals surface area (Å²) in [6.45, 7) is 2.69. The number of benzene rings is 2. The van der Waals surface area contributed by atoms with Crippen molar-refractivity contribution in [1.82, 2.24) is 0 Å². The Bertz CT molecular complexity index is 588. The van der Waals surface area contributed by atoms with Crippen LogP contribution in [0.2, 0.25) is 0 Å². The zero-order valence-corrected chi connectivity index (χ0v) is 12.9. The molecule has 0 fully saturated rings. The van der Waals surface area contributed by atoms with Crippen LogP contribution < -0.4 is 10.5 Å². The van der Waals surface area contributed by atoms with Gasteiger partial charge in [0.05, 0.1) is 17.1 Å². The second-order valence-corrected chi connectivity index (χ2v) is 5.39. The van der Waals surface area contributed by atoms with Crippen molar-refractivity contribution in [2.24, 2.45) is 5.73 Å². The Morgan fingerprint density at radius 3 is 2.70 bits per heavy atom. The SMILES string of the molecule is CCCOc1ccccc1C(N)c1ccc(Br)c(F)c1. The summed E-state index contributed by atoms with van der Waals surface area (Å²) in [5.74, 6) is 0.440. The molecule has 2 N–H and O–H groups in total. The normalized spacial score (nSPS) is 12.2. The molecule has 0 aromatic heterocycles. The van der Waals surface area contributed by atoms with E-state index in [0.717, 1.165) is 23.3 Å². The van der Waals surface area contributed by atoms with Gasteiger partial charge in [0.25, 0.3) is 0 Å². The highest BCUT2D eigenvalue weighted by atomic mass is 79.9. The van der Waals surface area contributed by atoms with Crippen molar-refractivity contribution in [3.63, 3.8) is 0 Å². The molecule has 0 spiro atoms. The minimum atomic E-state index is -0.411. The van der Waals surface area contributed by atoms with Crippen LogP contribution in [0.4, 0.5) is 4.39 Å². The molecule has 0 heterocycles. The van der Waals surface area contributed by atoms with E-state index in [1.807, 2.05) is 37.3 Å². The van der Waals surface area contributed by atoms with E-state index in [4.69, 9.17) is 10.5 Å². The summed E-state index contributed by atoms with van der Waals surface area (Å²) in [6.07, 6.45) is 0.927. The zero-order chi connectivity index (χ0) is 14.5. The van der Waals surface area contributed by atoms with Gasteiger partial charge in [0.1, 0.15) is 11.6 Å². The molecular formula is C16H17BrFNO. The van der Waals surface area contributed by atoms with Crippen molar-refractivity contribution >= 4 is 15.9 Å². The standard InChI is InChI=1S/C16H17BrFNO/c1-2-9-20-15-6-4-3-5-12(15)16(19)11-7-8-13(17)14(18)10-11/h3-8,10,16H,2,9,19H2,1H3. The van der Waals surface area contributed by atoms with Crippen LogP contribution in [0.25, 0.3) is 0 Å². The second-order valence-electron chi connectivity index (χ2n) is 4.54. The van der Waals surface area contributed by atoms with Crippen molar-refractivity contribution in [1.29, 1.82) is 0 Å². The van der Waals surface area contributed by atoms with Crippen LogP contribution in [0.15, 0.2) is 46.9 Å². The van der Waals surface area contributed by atoms with Gasteiger partial charge in [-0.25, -0.2) is 4.39 Å². The number of para-hydroxylation sites is 1. The summed E-state index contributed by atoms with van der Waals surface area (Å²) in [6, 6.07) is 12.1. The summed E-state index contributed by atoms with van der Waals surface area (Å²) >= 11 is 3.14. The lowest BCUT2D eigenvalue weighted by atomic mass is 9.99. The Hall–Kier alpha value is -1.39. The Kier molecular flexibility index (Phi) is 5.15. The third-order valence-corrected chi connectivity index (χ3v) is 3.66. The number of rotatable bonds is 5. The first-order chi connectivity index (χ1) is 9.63. The topological polar surface area (TPSA) is 35.2 Å². The fourth-order valence-corrected chi connectivity index (χ4v) is 2.21. The molecule has 2 rings (SSSR count). The van der Waals surface area contributed by atoms with Crippen molar-refractivity contribution < 1.29 is 9.13 Å². The molecule has 4 heteroatoms. The summed E-state index contributed by atoms with van der Waals surface area (Å²) in [5.41, 5.74) is 7.83. The number of hydrogen-bond acceptors (Lipinski definition) is 2. The molecule has 0 amide bonds. The molecule has 0 radical (unpaired) electrons. The maximum atomic E-state index is 13.6. The van der Waals surface area contributed by atoms with Crippen molar-refractivity contribution in [2.45, 2.75) is 19.4 Å². The Morgan fingerprint density at radius 1 is 1.25 bits per heavy atom. The average molecular weight is 338 g/mol. The van der Waals surface area contributed by atoms with Crippen molar-refractivity contribution in [3.8, 4) is 5.75 Å². The van der Waals surface area contributed by atoms with Gasteiger partial charge in [0, 0.05) is 5.56 Å². The predicted octanol–water partition coefficient (Wildman–Crippen LogP) is 4.43. The third-order valence-electron chi connectivity index (χ3n) is 3.02. The van der Waals surface area contributed by atoms with E-state index in [1.54, 1.807) is 6.07 Å². The third kappa shape index (κ3) is 3.38. The van der Waals surface area contributed by atoms with E-state index in [2.05, 4.69) is 15.9 Å². The maximum absolute atomic E-state index is 13.6. The fourth-order valence-electron chi connectivity index (χ4n) is 1.97. The molecule has 20 heavy (non-hydrogen) atoms. The van der Waals surface area contributed by atoms with Crippen LogP contribution >= 0.6 is 15.9 Å². The quantitative estimate of drug-likeness (QED) is 0.876. The lowest BCUT2D eigenvalue weighted by Gasteiger charge is -2.17. The average Bonchev–Trinajstić information content (AvgIpc) is 2.47. The summed E-state index contributed by atoms with van der Waals surface area (Å²) in [4.78, 5) is 0. The lowest BCUT2D eigenvalue weighted by Crippen LogP contribution is -2.14. The molecule has 2 nitrogen and oxygen atoms in total. The maximum Gasteiger partial charge on any atom is 0.137 e. The van der Waals surface area contributed by atoms with E-state index >= 15 is 0 Å². The van der Waals surface area contributed by atoms with Crippen LogP contribution in [-0.2, 0) is 0 Å². The Balaban J connectivity index is 2.32. The highest BCUT2D eigenvalue weighted by molar-refractivity contribution is 9.10. The molecular weight excluding hydrogens is 321 g/mol. The van der Waals surface area contributed by atoms with Crippen LogP contribution in [0.1, 0.15) is 30.5 Å². The van der Waals surface area contributed by atoms with Gasteiger partial charge in [0.15, 0.2) is 0 Å². The molecule has 106 valence electrons. The lowest BCUT2D eigenvalue weighted by molar-refractivity contribution is 0.313. The molecule has 0 saturated carbocycles. The Morgan fingerprint density at radius 2 is 2.00 bits per heavy atom. The molecule has 2 aromatic carbocycles. The Labute approximate surface area is 126 Å². The molecule has 0 aliphatic rings. The molecule has 1 unspecified atom stereocenters. The van der Waals surface area contributed by atoms with Gasteiger partial charge in [0.2, 0.25) is 0 Å². The largest absolute Gasteiger partial charge is 0.493 e. The first-order valence-electron chi connectivity index (χ1n) is 6.55. The van der Waals surface area contributed by atoms with Gasteiger partial charge < -0.3 is 10.5 Å². The molecule has 0 aliphatic heterocycles. The second kappa shape index (κ2) is 6.86. The smallest absolute Gasteiger partial charge is 0.137 e. The van der Waals surface area contributed by atoms with Gasteiger partial charge in [-0.05, 0) is 46.1 Å². The van der Waals surface area contributed by atoms with Gasteiger partial charge in [-0.2, -0.15) is 0 Å². The van der Waals surface area contributed by atoms with E-state index in [9.17, 15) is 4.39 Å². The van der Waals surface area contributed by atoms with Gasteiger partial charge in [-0.3, -0.25) is 0 Å². The summed E-state index contributed by atoms with van der Waals surface area (Å²) in [7, 11) is 0. The zero-order valence-electron chi connectivity index (χ0n) is 11.3. The van der Waals surface area contributed by atoms with Crippen molar-refractivity contribution in [3.05, 3.63) is 63.9 Å². The molecule has 0 aliphatic carbocycles. The van der Waals surface area contributed by atoms with Gasteiger partial charge >= 0.3 is 0 Å². The van der Waals surface area contributed by atoms with Crippen LogP contribution in [-0.4, -0.2) is 6.61 Å². The minimum absolute atomic E-state index is 0.315.